The fourth-order valence-corrected chi connectivity index (χ4v) is 2.66. The largest absolute Gasteiger partial charge is 0.384 e. The molecule has 18 heavy (non-hydrogen) atoms. The highest BCUT2D eigenvalue weighted by Gasteiger charge is 2.00. The van der Waals surface area contributed by atoms with Crippen molar-refractivity contribution < 1.29 is 0 Å². The van der Waals surface area contributed by atoms with Gasteiger partial charge in [-0.25, -0.2) is 0 Å². The highest BCUT2D eigenvalue weighted by Crippen LogP contribution is 2.26. The lowest BCUT2D eigenvalue weighted by Gasteiger charge is -2.11. The van der Waals surface area contributed by atoms with Crippen molar-refractivity contribution in [3.63, 3.8) is 0 Å². The van der Waals surface area contributed by atoms with Gasteiger partial charge < -0.3 is 5.32 Å². The maximum atomic E-state index is 3.53. The Balaban J connectivity index is 1.90. The van der Waals surface area contributed by atoms with Gasteiger partial charge in [0, 0.05) is 17.1 Å². The lowest BCUT2D eigenvalue weighted by molar-refractivity contribution is 1.01. The molecular formula is C16H19NS. The molecule has 0 unspecified atom stereocenters. The van der Waals surface area contributed by atoms with Gasteiger partial charge in [0.25, 0.3) is 0 Å². The summed E-state index contributed by atoms with van der Waals surface area (Å²) in [5.74, 6) is 1.11. The fourth-order valence-electron chi connectivity index (χ4n) is 1.88. The standard InChI is InChI=1S/C16H19NS/c1-2-18-16-11-7-6-10-15(16)17-13-12-14-8-4-3-5-9-14/h3-11,17H,2,12-13H2,1H3. The molecule has 2 aromatic carbocycles. The summed E-state index contributed by atoms with van der Waals surface area (Å²) in [7, 11) is 0. The third kappa shape index (κ3) is 3.81. The summed E-state index contributed by atoms with van der Waals surface area (Å²) in [6, 6.07) is 19.1. The van der Waals surface area contributed by atoms with E-state index in [4.69, 9.17) is 0 Å². The Hall–Kier alpha value is -1.41. The number of hydrogen-bond acceptors (Lipinski definition) is 2. The molecule has 1 N–H and O–H groups in total. The van der Waals surface area contributed by atoms with Crippen LogP contribution in [0.1, 0.15) is 12.5 Å². The van der Waals surface area contributed by atoms with Crippen LogP contribution in [0.2, 0.25) is 0 Å². The molecule has 0 aliphatic rings. The molecule has 2 aromatic rings. The molecular weight excluding hydrogens is 238 g/mol. The second-order valence-corrected chi connectivity index (χ2v) is 5.40. The summed E-state index contributed by atoms with van der Waals surface area (Å²) in [6.45, 7) is 3.16. The maximum absolute atomic E-state index is 3.53. The van der Waals surface area contributed by atoms with E-state index in [0.717, 1.165) is 18.7 Å². The van der Waals surface area contributed by atoms with Gasteiger partial charge in [-0.2, -0.15) is 0 Å². The first kappa shape index (κ1) is 13.0. The zero-order valence-electron chi connectivity index (χ0n) is 10.7. The average Bonchev–Trinajstić information content (AvgIpc) is 2.42. The molecule has 0 amide bonds. The quantitative estimate of drug-likeness (QED) is 0.767. The summed E-state index contributed by atoms with van der Waals surface area (Å²) in [4.78, 5) is 1.34. The number of rotatable bonds is 6. The van der Waals surface area contributed by atoms with E-state index in [2.05, 4.69) is 66.8 Å². The molecule has 0 spiro atoms. The van der Waals surface area contributed by atoms with Gasteiger partial charge in [0.15, 0.2) is 0 Å². The first-order chi connectivity index (χ1) is 8.90. The fraction of sp³-hybridized carbons (Fsp3) is 0.250. The van der Waals surface area contributed by atoms with Gasteiger partial charge in [0.2, 0.25) is 0 Å². The van der Waals surface area contributed by atoms with Gasteiger partial charge in [0.05, 0.1) is 0 Å². The molecule has 94 valence electrons. The minimum absolute atomic E-state index is 0.977. The van der Waals surface area contributed by atoms with Crippen LogP contribution in [-0.2, 0) is 6.42 Å². The Morgan fingerprint density at radius 1 is 0.944 bits per heavy atom. The monoisotopic (exact) mass is 257 g/mol. The number of para-hydroxylation sites is 1. The van der Waals surface area contributed by atoms with E-state index in [0.29, 0.717) is 0 Å². The van der Waals surface area contributed by atoms with Crippen molar-refractivity contribution in [2.75, 3.05) is 17.6 Å². The lowest BCUT2D eigenvalue weighted by atomic mass is 10.1. The van der Waals surface area contributed by atoms with Crippen molar-refractivity contribution in [3.05, 3.63) is 60.2 Å². The van der Waals surface area contributed by atoms with Crippen LogP contribution < -0.4 is 5.32 Å². The zero-order valence-corrected chi connectivity index (χ0v) is 11.5. The normalized spacial score (nSPS) is 10.3. The minimum atomic E-state index is 0.977. The molecule has 2 heteroatoms. The Morgan fingerprint density at radius 2 is 1.67 bits per heavy atom. The van der Waals surface area contributed by atoms with Crippen LogP contribution in [0, 0.1) is 0 Å². The molecule has 0 aromatic heterocycles. The van der Waals surface area contributed by atoms with E-state index in [1.165, 1.54) is 16.1 Å². The van der Waals surface area contributed by atoms with E-state index in [9.17, 15) is 0 Å². The predicted molar refractivity (Wildman–Crippen MR) is 81.5 cm³/mol. The van der Waals surface area contributed by atoms with E-state index in [1.807, 2.05) is 11.8 Å². The van der Waals surface area contributed by atoms with Gasteiger partial charge in [-0.1, -0.05) is 49.4 Å². The van der Waals surface area contributed by atoms with Crippen molar-refractivity contribution in [1.82, 2.24) is 0 Å². The molecule has 2 rings (SSSR count). The maximum Gasteiger partial charge on any atom is 0.0478 e. The lowest BCUT2D eigenvalue weighted by Crippen LogP contribution is -2.05. The number of hydrogen-bond donors (Lipinski definition) is 1. The average molecular weight is 257 g/mol. The predicted octanol–water partition coefficient (Wildman–Crippen LogP) is 4.45. The number of anilines is 1. The Morgan fingerprint density at radius 3 is 2.44 bits per heavy atom. The second kappa shape index (κ2) is 7.12. The Labute approximate surface area is 114 Å². The van der Waals surface area contributed by atoms with E-state index in [-0.39, 0.29) is 0 Å². The molecule has 1 nitrogen and oxygen atoms in total. The van der Waals surface area contributed by atoms with Gasteiger partial charge in [-0.15, -0.1) is 11.8 Å². The molecule has 0 atom stereocenters. The van der Waals surface area contributed by atoms with Crippen LogP contribution in [0.5, 0.6) is 0 Å². The minimum Gasteiger partial charge on any atom is -0.384 e. The molecule has 0 saturated heterocycles. The summed E-state index contributed by atoms with van der Waals surface area (Å²) in [5.41, 5.74) is 2.63. The molecule has 0 aliphatic carbocycles. The van der Waals surface area contributed by atoms with Gasteiger partial charge in [-0.05, 0) is 29.9 Å². The topological polar surface area (TPSA) is 12.0 Å². The number of benzene rings is 2. The van der Waals surface area contributed by atoms with E-state index >= 15 is 0 Å². The second-order valence-electron chi connectivity index (χ2n) is 4.09. The molecule has 0 fully saturated rings. The van der Waals surface area contributed by atoms with Crippen molar-refractivity contribution in [1.29, 1.82) is 0 Å². The first-order valence-corrected chi connectivity index (χ1v) is 7.38. The van der Waals surface area contributed by atoms with Gasteiger partial charge in [-0.3, -0.25) is 0 Å². The summed E-state index contributed by atoms with van der Waals surface area (Å²) >= 11 is 1.89. The van der Waals surface area contributed by atoms with Crippen molar-refractivity contribution in [2.45, 2.75) is 18.2 Å². The number of thioether (sulfide) groups is 1. The highest BCUT2D eigenvalue weighted by molar-refractivity contribution is 7.99. The van der Waals surface area contributed by atoms with Crippen molar-refractivity contribution in [2.24, 2.45) is 0 Å². The van der Waals surface area contributed by atoms with Crippen molar-refractivity contribution >= 4 is 17.4 Å². The van der Waals surface area contributed by atoms with Gasteiger partial charge in [0.1, 0.15) is 0 Å². The smallest absolute Gasteiger partial charge is 0.0478 e. The Bertz CT molecular complexity index is 468. The molecule has 0 aliphatic heterocycles. The van der Waals surface area contributed by atoms with E-state index < -0.39 is 0 Å². The van der Waals surface area contributed by atoms with Crippen LogP contribution in [0.3, 0.4) is 0 Å². The third-order valence-electron chi connectivity index (χ3n) is 2.76. The molecule has 0 saturated carbocycles. The van der Waals surface area contributed by atoms with Crippen molar-refractivity contribution in [3.8, 4) is 0 Å². The highest BCUT2D eigenvalue weighted by atomic mass is 32.2. The van der Waals surface area contributed by atoms with E-state index in [1.54, 1.807) is 0 Å². The van der Waals surface area contributed by atoms with Crippen LogP contribution in [0.4, 0.5) is 5.69 Å². The summed E-state index contributed by atoms with van der Waals surface area (Å²) in [6.07, 6.45) is 1.06. The molecule has 0 heterocycles. The van der Waals surface area contributed by atoms with Gasteiger partial charge >= 0.3 is 0 Å². The van der Waals surface area contributed by atoms with Crippen LogP contribution in [-0.4, -0.2) is 12.3 Å². The zero-order chi connectivity index (χ0) is 12.6. The summed E-state index contributed by atoms with van der Waals surface area (Å²) < 4.78 is 0. The first-order valence-electron chi connectivity index (χ1n) is 6.40. The van der Waals surface area contributed by atoms with Crippen LogP contribution in [0.15, 0.2) is 59.5 Å². The summed E-state index contributed by atoms with van der Waals surface area (Å²) in [5, 5.41) is 3.53. The molecule has 0 radical (unpaired) electrons. The Kier molecular flexibility index (Phi) is 5.15. The third-order valence-corrected chi connectivity index (χ3v) is 3.71. The SMILES string of the molecule is CCSc1ccccc1NCCc1ccccc1. The van der Waals surface area contributed by atoms with Crippen LogP contribution in [0.25, 0.3) is 0 Å². The molecule has 0 bridgehead atoms. The van der Waals surface area contributed by atoms with Crippen LogP contribution >= 0.6 is 11.8 Å². The number of nitrogens with one attached hydrogen (secondary N) is 1.